The van der Waals surface area contributed by atoms with Gasteiger partial charge in [0.15, 0.2) is 5.82 Å². The Labute approximate surface area is 152 Å². The highest BCUT2D eigenvalue weighted by atomic mass is 19.4. The van der Waals surface area contributed by atoms with Crippen molar-refractivity contribution in [3.8, 4) is 0 Å². The molecule has 0 spiro atoms. The minimum absolute atomic E-state index is 0.00373. The highest BCUT2D eigenvalue weighted by molar-refractivity contribution is 5.89. The monoisotopic (exact) mass is 382 g/mol. The summed E-state index contributed by atoms with van der Waals surface area (Å²) >= 11 is 0. The van der Waals surface area contributed by atoms with Gasteiger partial charge >= 0.3 is 6.18 Å². The van der Waals surface area contributed by atoms with Crippen molar-refractivity contribution >= 4 is 11.8 Å². The summed E-state index contributed by atoms with van der Waals surface area (Å²) in [6, 6.07) is 4.33. The van der Waals surface area contributed by atoms with Gasteiger partial charge in [0.25, 0.3) is 0 Å². The third-order valence-corrected chi connectivity index (χ3v) is 4.34. The number of hydrogen-bond acceptors (Lipinski definition) is 5. The summed E-state index contributed by atoms with van der Waals surface area (Å²) in [4.78, 5) is 29.8. The largest absolute Gasteiger partial charge is 0.416 e. The Morgan fingerprint density at radius 3 is 2.89 bits per heavy atom. The molecule has 0 bridgehead atoms. The molecule has 1 fully saturated rings. The predicted octanol–water partition coefficient (Wildman–Crippen LogP) is 2.31. The molecule has 1 aliphatic heterocycles. The summed E-state index contributed by atoms with van der Waals surface area (Å²) in [5, 5.41) is 6.35. The van der Waals surface area contributed by atoms with Crippen molar-refractivity contribution in [1.82, 2.24) is 20.4 Å². The zero-order valence-electron chi connectivity index (χ0n) is 14.4. The summed E-state index contributed by atoms with van der Waals surface area (Å²) in [6.07, 6.45) is -3.30. The number of carbonyl (C=O) groups is 2. The quantitative estimate of drug-likeness (QED) is 0.857. The molecule has 10 heteroatoms. The second kappa shape index (κ2) is 7.37. The maximum Gasteiger partial charge on any atom is 0.416 e. The summed E-state index contributed by atoms with van der Waals surface area (Å²) < 4.78 is 43.1. The highest BCUT2D eigenvalue weighted by Gasteiger charge is 2.35. The summed E-state index contributed by atoms with van der Waals surface area (Å²) in [5.41, 5.74) is -0.408. The van der Waals surface area contributed by atoms with E-state index >= 15 is 0 Å². The molecule has 2 heterocycles. The molecule has 2 aromatic rings. The minimum atomic E-state index is -4.45. The zero-order valence-corrected chi connectivity index (χ0v) is 14.4. The van der Waals surface area contributed by atoms with Gasteiger partial charge in [0.2, 0.25) is 18.2 Å². The number of carbonyl (C=O) groups excluding carboxylic acids is 2. The topological polar surface area (TPSA) is 88.3 Å². The van der Waals surface area contributed by atoms with E-state index < -0.39 is 23.7 Å². The number of aromatic nitrogens is 2. The molecule has 0 aliphatic carbocycles. The van der Waals surface area contributed by atoms with E-state index in [1.54, 1.807) is 6.92 Å². The maximum atomic E-state index is 12.8. The van der Waals surface area contributed by atoms with Gasteiger partial charge < -0.3 is 14.7 Å². The maximum absolute atomic E-state index is 12.8. The van der Waals surface area contributed by atoms with Crippen LogP contribution < -0.4 is 5.32 Å². The highest BCUT2D eigenvalue weighted by Crippen LogP contribution is 2.30. The average molecular weight is 382 g/mol. The van der Waals surface area contributed by atoms with Gasteiger partial charge in [-0.1, -0.05) is 17.3 Å². The normalized spacial score (nSPS) is 18.6. The Morgan fingerprint density at radius 2 is 2.22 bits per heavy atom. The van der Waals surface area contributed by atoms with E-state index in [1.807, 2.05) is 0 Å². The number of rotatable bonds is 5. The molecular formula is C17H17F3N4O3. The second-order valence-electron chi connectivity index (χ2n) is 6.39. The van der Waals surface area contributed by atoms with E-state index in [-0.39, 0.29) is 31.3 Å². The number of hydrogen-bond donors (Lipinski definition) is 1. The molecule has 1 aromatic heterocycles. The Kier molecular flexibility index (Phi) is 5.15. The molecule has 2 atom stereocenters. The molecule has 2 amide bonds. The Morgan fingerprint density at radius 1 is 1.44 bits per heavy atom. The van der Waals surface area contributed by atoms with Crippen LogP contribution >= 0.6 is 0 Å². The van der Waals surface area contributed by atoms with Crippen LogP contribution in [0.4, 0.5) is 13.2 Å². The lowest BCUT2D eigenvalue weighted by atomic mass is 10.1. The summed E-state index contributed by atoms with van der Waals surface area (Å²) in [7, 11) is 0. The molecular weight excluding hydrogens is 365 g/mol. The first kappa shape index (κ1) is 18.9. The van der Waals surface area contributed by atoms with Crippen LogP contribution in [0.5, 0.6) is 0 Å². The average Bonchev–Trinajstić information content (AvgIpc) is 3.25. The van der Waals surface area contributed by atoms with Crippen molar-refractivity contribution in [2.45, 2.75) is 32.1 Å². The fourth-order valence-corrected chi connectivity index (χ4v) is 2.93. The number of likely N-dealkylation sites (tertiary alicyclic amines) is 1. The number of alkyl halides is 3. The molecule has 0 unspecified atom stereocenters. The van der Waals surface area contributed by atoms with Crippen molar-refractivity contribution < 1.29 is 27.3 Å². The van der Waals surface area contributed by atoms with Gasteiger partial charge in [-0.2, -0.15) is 18.2 Å². The first-order valence-corrected chi connectivity index (χ1v) is 8.24. The van der Waals surface area contributed by atoms with Gasteiger partial charge in [-0.05, 0) is 24.6 Å². The van der Waals surface area contributed by atoms with Crippen LogP contribution in [0.2, 0.25) is 0 Å². The van der Waals surface area contributed by atoms with Crippen molar-refractivity contribution in [3.05, 3.63) is 47.6 Å². The third-order valence-electron chi connectivity index (χ3n) is 4.34. The first-order chi connectivity index (χ1) is 12.7. The van der Waals surface area contributed by atoms with E-state index in [2.05, 4.69) is 20.0 Å². The fraction of sp³-hybridized carbons (Fsp3) is 0.412. The zero-order chi connectivity index (χ0) is 19.6. The third kappa shape index (κ3) is 4.44. The number of nitrogens with one attached hydrogen (secondary N) is 1. The lowest BCUT2D eigenvalue weighted by molar-refractivity contribution is -0.137. The first-order valence-electron chi connectivity index (χ1n) is 8.24. The van der Waals surface area contributed by atoms with E-state index in [1.165, 1.54) is 17.0 Å². The number of benzene rings is 1. The van der Waals surface area contributed by atoms with Crippen LogP contribution in [-0.2, 0) is 22.3 Å². The summed E-state index contributed by atoms with van der Waals surface area (Å²) in [6.45, 7) is 1.84. The van der Waals surface area contributed by atoms with Crippen molar-refractivity contribution in [2.24, 2.45) is 5.92 Å². The van der Waals surface area contributed by atoms with Crippen LogP contribution in [0, 0.1) is 5.92 Å². The van der Waals surface area contributed by atoms with Crippen LogP contribution in [0.3, 0.4) is 0 Å². The standard InChI is InChI=1S/C17H17F3N4O3/c1-10(15-21-9-27-23-15)22-16(26)12-6-14(25)24(8-12)7-11-3-2-4-13(5-11)17(18,19)20/h2-5,9-10,12H,6-8H2,1H3,(H,22,26)/t10-,12-/m0/s1. The molecule has 0 saturated carbocycles. The van der Waals surface area contributed by atoms with Gasteiger partial charge in [0.05, 0.1) is 17.5 Å². The van der Waals surface area contributed by atoms with Gasteiger partial charge in [0, 0.05) is 19.5 Å². The van der Waals surface area contributed by atoms with Gasteiger partial charge in [-0.3, -0.25) is 9.59 Å². The molecule has 144 valence electrons. The molecule has 27 heavy (non-hydrogen) atoms. The van der Waals surface area contributed by atoms with Crippen molar-refractivity contribution in [3.63, 3.8) is 0 Å². The van der Waals surface area contributed by atoms with E-state index in [4.69, 9.17) is 0 Å². The van der Waals surface area contributed by atoms with E-state index in [0.29, 0.717) is 11.4 Å². The Balaban J connectivity index is 1.61. The van der Waals surface area contributed by atoms with Gasteiger partial charge in [-0.25, -0.2) is 0 Å². The molecule has 0 radical (unpaired) electrons. The molecule has 3 rings (SSSR count). The number of amides is 2. The smallest absolute Gasteiger partial charge is 0.346 e. The molecule has 1 aromatic carbocycles. The van der Waals surface area contributed by atoms with E-state index in [0.717, 1.165) is 18.5 Å². The van der Waals surface area contributed by atoms with Crippen molar-refractivity contribution in [2.75, 3.05) is 6.54 Å². The van der Waals surface area contributed by atoms with E-state index in [9.17, 15) is 22.8 Å². The Bertz CT molecular complexity index is 823. The summed E-state index contributed by atoms with van der Waals surface area (Å²) in [5.74, 6) is -0.891. The van der Waals surface area contributed by atoms with Crippen LogP contribution in [-0.4, -0.2) is 33.4 Å². The lowest BCUT2D eigenvalue weighted by Crippen LogP contribution is -2.34. The van der Waals surface area contributed by atoms with Gasteiger partial charge in [-0.15, -0.1) is 0 Å². The number of nitrogens with zero attached hydrogens (tertiary/aromatic N) is 3. The van der Waals surface area contributed by atoms with Crippen LogP contribution in [0.1, 0.15) is 36.3 Å². The van der Waals surface area contributed by atoms with Gasteiger partial charge in [0.1, 0.15) is 0 Å². The SMILES string of the molecule is C[C@H](NC(=O)[C@H]1CC(=O)N(Cc2cccc(C(F)(F)F)c2)C1)c1ncon1. The molecule has 1 N–H and O–H groups in total. The molecule has 1 saturated heterocycles. The lowest BCUT2D eigenvalue weighted by Gasteiger charge is -2.18. The number of halogens is 3. The van der Waals surface area contributed by atoms with Crippen LogP contribution in [0.15, 0.2) is 35.2 Å². The fourth-order valence-electron chi connectivity index (χ4n) is 2.93. The predicted molar refractivity (Wildman–Crippen MR) is 85.8 cm³/mol. The van der Waals surface area contributed by atoms with Crippen LogP contribution in [0.25, 0.3) is 0 Å². The second-order valence-corrected chi connectivity index (χ2v) is 6.39. The molecule has 1 aliphatic rings. The Hall–Kier alpha value is -2.91. The molecule has 7 nitrogen and oxygen atoms in total. The minimum Gasteiger partial charge on any atom is -0.346 e. The van der Waals surface area contributed by atoms with Crippen molar-refractivity contribution in [1.29, 1.82) is 0 Å².